The standard InChI is InChI=1S/C6H8Cl2O.C4H8.C3H5F3O.C2H4/c1-4(7)6(3-9)5(2)8;1-3-4-2;1-7-2-3(4,5)6;1-2/h3-4H,1-2H3;3-4H,1-2H3;2H2,1H3;1-2H2/b6-5+;4-3-;;. The maximum Gasteiger partial charge on any atom is 0.411 e. The largest absolute Gasteiger partial charge is 0.411 e. The van der Waals surface area contributed by atoms with Crippen LogP contribution in [-0.2, 0) is 9.53 Å². The first-order valence-corrected chi connectivity index (χ1v) is 6.97. The summed E-state index contributed by atoms with van der Waals surface area (Å²) in [6.45, 7) is 12.2. The second-order valence-electron chi connectivity index (χ2n) is 3.44. The molecule has 1 unspecified atom stereocenters. The number of halogens is 5. The van der Waals surface area contributed by atoms with Gasteiger partial charge in [0.25, 0.3) is 0 Å². The Morgan fingerprint density at radius 2 is 1.64 bits per heavy atom. The highest BCUT2D eigenvalue weighted by Gasteiger charge is 2.26. The van der Waals surface area contributed by atoms with Crippen LogP contribution in [0.15, 0.2) is 35.9 Å². The number of allylic oxidation sites excluding steroid dienone is 4. The lowest BCUT2D eigenvalue weighted by Crippen LogP contribution is -2.14. The maximum absolute atomic E-state index is 10.9. The van der Waals surface area contributed by atoms with E-state index in [1.54, 1.807) is 13.8 Å². The van der Waals surface area contributed by atoms with Crippen LogP contribution < -0.4 is 0 Å². The van der Waals surface area contributed by atoms with E-state index in [1.807, 2.05) is 26.0 Å². The zero-order valence-corrected chi connectivity index (χ0v) is 15.1. The Bertz CT molecular complexity index is 304. The zero-order chi connectivity index (χ0) is 18.8. The predicted octanol–water partition coefficient (Wildman–Crippen LogP) is 5.91. The number of aldehydes is 1. The normalized spacial score (nSPS) is 12.5. The number of methoxy groups -OCH3 is 1. The molecular formula is C15H25Cl2F3O2. The van der Waals surface area contributed by atoms with E-state index in [-0.39, 0.29) is 5.38 Å². The molecule has 0 saturated heterocycles. The molecule has 2 nitrogen and oxygen atoms in total. The van der Waals surface area contributed by atoms with Crippen molar-refractivity contribution in [2.24, 2.45) is 0 Å². The van der Waals surface area contributed by atoms with Crippen LogP contribution in [0, 0.1) is 0 Å². The summed E-state index contributed by atoms with van der Waals surface area (Å²) in [7, 11) is 1.01. The molecule has 0 aromatic heterocycles. The van der Waals surface area contributed by atoms with E-state index >= 15 is 0 Å². The van der Waals surface area contributed by atoms with E-state index in [0.29, 0.717) is 16.9 Å². The second-order valence-corrected chi connectivity index (χ2v) is 4.66. The summed E-state index contributed by atoms with van der Waals surface area (Å²) in [6.07, 6.45) is 0.509. The Balaban J connectivity index is -0.000000111. The van der Waals surface area contributed by atoms with Gasteiger partial charge in [-0.3, -0.25) is 4.79 Å². The molecule has 0 amide bonds. The smallest absolute Gasteiger partial charge is 0.375 e. The van der Waals surface area contributed by atoms with Gasteiger partial charge in [-0.25, -0.2) is 0 Å². The van der Waals surface area contributed by atoms with E-state index in [0.717, 1.165) is 7.11 Å². The van der Waals surface area contributed by atoms with Crippen LogP contribution in [0.5, 0.6) is 0 Å². The van der Waals surface area contributed by atoms with Gasteiger partial charge in [-0.1, -0.05) is 23.8 Å². The van der Waals surface area contributed by atoms with Crippen LogP contribution in [-0.4, -0.2) is 31.6 Å². The summed E-state index contributed by atoms with van der Waals surface area (Å²) in [4.78, 5) is 10.2. The van der Waals surface area contributed by atoms with Gasteiger partial charge in [0, 0.05) is 17.7 Å². The van der Waals surface area contributed by atoms with Crippen molar-refractivity contribution in [1.29, 1.82) is 0 Å². The van der Waals surface area contributed by atoms with Gasteiger partial charge in [-0.15, -0.1) is 24.8 Å². The number of rotatable bonds is 3. The first kappa shape index (κ1) is 29.3. The van der Waals surface area contributed by atoms with Crippen LogP contribution in [0.2, 0.25) is 0 Å². The minimum absolute atomic E-state index is 0.292. The second kappa shape index (κ2) is 20.2. The van der Waals surface area contributed by atoms with Gasteiger partial charge in [0.1, 0.15) is 12.9 Å². The lowest BCUT2D eigenvalue weighted by Gasteiger charge is -2.01. The minimum Gasteiger partial charge on any atom is -0.375 e. The van der Waals surface area contributed by atoms with E-state index in [4.69, 9.17) is 23.2 Å². The molecule has 0 aromatic carbocycles. The Morgan fingerprint density at radius 3 is 1.64 bits per heavy atom. The van der Waals surface area contributed by atoms with Crippen LogP contribution in [0.3, 0.4) is 0 Å². The molecule has 0 N–H and O–H groups in total. The minimum atomic E-state index is -4.17. The molecule has 22 heavy (non-hydrogen) atoms. The summed E-state index contributed by atoms with van der Waals surface area (Å²) < 4.78 is 36.6. The molecule has 132 valence electrons. The molecule has 0 aliphatic carbocycles. The van der Waals surface area contributed by atoms with Crippen molar-refractivity contribution in [2.45, 2.75) is 39.2 Å². The third kappa shape index (κ3) is 31.6. The lowest BCUT2D eigenvalue weighted by molar-refractivity contribution is -0.167. The Hall–Kier alpha value is -0.780. The van der Waals surface area contributed by atoms with Crippen molar-refractivity contribution in [2.75, 3.05) is 13.7 Å². The van der Waals surface area contributed by atoms with Crippen molar-refractivity contribution in [1.82, 2.24) is 0 Å². The molecule has 0 aliphatic heterocycles. The molecule has 0 aromatic rings. The highest BCUT2D eigenvalue weighted by molar-refractivity contribution is 6.33. The monoisotopic (exact) mass is 364 g/mol. The van der Waals surface area contributed by atoms with Crippen LogP contribution in [0.4, 0.5) is 13.2 Å². The first-order chi connectivity index (χ1) is 10.1. The van der Waals surface area contributed by atoms with Crippen LogP contribution in [0.1, 0.15) is 27.7 Å². The average Bonchev–Trinajstić information content (AvgIpc) is 2.40. The number of alkyl halides is 4. The van der Waals surface area contributed by atoms with Crippen molar-refractivity contribution >= 4 is 29.5 Å². The van der Waals surface area contributed by atoms with Gasteiger partial charge < -0.3 is 4.74 Å². The SMILES string of the molecule is C/C(Cl)=C(/C=O)C(C)Cl.C/C=C\C.C=C.COCC(F)(F)F. The fourth-order valence-corrected chi connectivity index (χ4v) is 1.09. The molecule has 0 aliphatic rings. The van der Waals surface area contributed by atoms with E-state index in [2.05, 4.69) is 17.9 Å². The highest BCUT2D eigenvalue weighted by atomic mass is 35.5. The molecule has 0 radical (unpaired) electrons. The van der Waals surface area contributed by atoms with Crippen molar-refractivity contribution in [3.8, 4) is 0 Å². The van der Waals surface area contributed by atoms with Gasteiger partial charge in [0.05, 0.1) is 5.38 Å². The van der Waals surface area contributed by atoms with Crippen molar-refractivity contribution in [3.63, 3.8) is 0 Å². The lowest BCUT2D eigenvalue weighted by atomic mass is 10.2. The van der Waals surface area contributed by atoms with Gasteiger partial charge in [-0.2, -0.15) is 13.2 Å². The van der Waals surface area contributed by atoms with Crippen molar-refractivity contribution in [3.05, 3.63) is 35.9 Å². The Labute approximate surface area is 141 Å². The molecule has 0 fully saturated rings. The molecule has 0 bridgehead atoms. The number of carbonyl (C=O) groups is 1. The summed E-state index contributed by atoms with van der Waals surface area (Å²) in [5.41, 5.74) is 0.457. The average molecular weight is 365 g/mol. The summed E-state index contributed by atoms with van der Waals surface area (Å²) in [6, 6.07) is 0. The molecule has 1 atom stereocenters. The molecule has 7 heteroatoms. The first-order valence-electron chi connectivity index (χ1n) is 6.15. The summed E-state index contributed by atoms with van der Waals surface area (Å²) in [5, 5.41) is 0.174. The number of hydrogen-bond acceptors (Lipinski definition) is 2. The molecular weight excluding hydrogens is 340 g/mol. The highest BCUT2D eigenvalue weighted by Crippen LogP contribution is 2.14. The van der Waals surface area contributed by atoms with Crippen LogP contribution in [0.25, 0.3) is 0 Å². The van der Waals surface area contributed by atoms with Gasteiger partial charge in [0.2, 0.25) is 0 Å². The topological polar surface area (TPSA) is 26.3 Å². The number of ether oxygens (including phenoxy) is 1. The number of carbonyl (C=O) groups excluding carboxylic acids is 1. The van der Waals surface area contributed by atoms with E-state index in [9.17, 15) is 18.0 Å². The van der Waals surface area contributed by atoms with Crippen molar-refractivity contribution < 1.29 is 22.7 Å². The fraction of sp³-hybridized carbons (Fsp3) is 0.533. The molecule has 0 saturated carbocycles. The molecule has 0 heterocycles. The Morgan fingerprint density at radius 1 is 1.27 bits per heavy atom. The third-order valence-electron chi connectivity index (χ3n) is 1.59. The molecule has 0 rings (SSSR count). The van der Waals surface area contributed by atoms with Gasteiger partial charge in [-0.05, 0) is 27.7 Å². The zero-order valence-electron chi connectivity index (χ0n) is 13.6. The van der Waals surface area contributed by atoms with E-state index in [1.165, 1.54) is 0 Å². The fourth-order valence-electron chi connectivity index (χ4n) is 0.613. The van der Waals surface area contributed by atoms with E-state index < -0.39 is 12.8 Å². The number of hydrogen-bond donors (Lipinski definition) is 0. The predicted molar refractivity (Wildman–Crippen MR) is 89.6 cm³/mol. The summed E-state index contributed by atoms with van der Waals surface area (Å²) >= 11 is 11.1. The third-order valence-corrected chi connectivity index (χ3v) is 2.05. The van der Waals surface area contributed by atoms with Crippen LogP contribution >= 0.6 is 23.2 Å². The maximum atomic E-state index is 10.9. The van der Waals surface area contributed by atoms with Gasteiger partial charge in [0.15, 0.2) is 0 Å². The Kier molecular flexibility index (Phi) is 26.9. The summed E-state index contributed by atoms with van der Waals surface area (Å²) in [5.74, 6) is 0. The quantitative estimate of drug-likeness (QED) is 0.269. The molecule has 0 spiro atoms. The van der Waals surface area contributed by atoms with Gasteiger partial charge >= 0.3 is 6.18 Å².